The van der Waals surface area contributed by atoms with E-state index in [-0.39, 0.29) is 16.6 Å². The van der Waals surface area contributed by atoms with Crippen LogP contribution in [0.5, 0.6) is 23.1 Å². The summed E-state index contributed by atoms with van der Waals surface area (Å²) in [6, 6.07) is 16.2. The molecule has 4 aromatic rings. The van der Waals surface area contributed by atoms with Gasteiger partial charge in [0.15, 0.2) is 11.5 Å². The summed E-state index contributed by atoms with van der Waals surface area (Å²) in [6.07, 6.45) is 3.55. The second-order valence-corrected chi connectivity index (χ2v) is 8.00. The molecule has 0 atom stereocenters. The zero-order valence-electron chi connectivity index (χ0n) is 19.6. The smallest absolute Gasteiger partial charge is 0.313 e. The minimum absolute atomic E-state index is 0.115. The number of aromatic nitrogens is 2. The number of rotatable bonds is 8. The van der Waals surface area contributed by atoms with Gasteiger partial charge in [0.2, 0.25) is 5.88 Å². The molecule has 0 spiro atoms. The van der Waals surface area contributed by atoms with Gasteiger partial charge >= 0.3 is 11.8 Å². The number of anilines is 1. The van der Waals surface area contributed by atoms with E-state index in [4.69, 9.17) is 25.8 Å². The molecule has 0 unspecified atom stereocenters. The van der Waals surface area contributed by atoms with E-state index in [0.29, 0.717) is 41.1 Å². The maximum atomic E-state index is 12.2. The summed E-state index contributed by atoms with van der Waals surface area (Å²) in [4.78, 5) is 32.9. The molecule has 2 aromatic carbocycles. The van der Waals surface area contributed by atoms with Gasteiger partial charge in [-0.3, -0.25) is 14.6 Å². The molecule has 184 valence electrons. The standard InChI is InChI=1S/C26H23ClN4O5/c1-34-22-13-18-20(14-23(22)35-2)28-11-9-21(18)36-26-19(27)12-17(15-30-26)31-25(33)24(32)29-10-8-16-6-4-3-5-7-16/h3-7,9,11-15H,8,10H2,1-2H3,(H,29,32)(H,31,33). The molecule has 2 aromatic heterocycles. The van der Waals surface area contributed by atoms with Crippen molar-refractivity contribution in [2.75, 3.05) is 26.1 Å². The van der Waals surface area contributed by atoms with Crippen molar-refractivity contribution in [1.82, 2.24) is 15.3 Å². The number of nitrogens with one attached hydrogen (secondary N) is 2. The minimum atomic E-state index is -0.823. The van der Waals surface area contributed by atoms with Gasteiger partial charge in [0, 0.05) is 24.2 Å². The SMILES string of the molecule is COc1cc2nccc(Oc3ncc(NC(=O)C(=O)NCCc4ccccc4)cc3Cl)c2cc1OC. The van der Waals surface area contributed by atoms with Crippen LogP contribution in [-0.2, 0) is 16.0 Å². The number of benzene rings is 2. The van der Waals surface area contributed by atoms with Gasteiger partial charge < -0.3 is 24.8 Å². The van der Waals surface area contributed by atoms with Crippen LogP contribution >= 0.6 is 11.6 Å². The van der Waals surface area contributed by atoms with E-state index in [0.717, 1.165) is 5.56 Å². The first-order valence-corrected chi connectivity index (χ1v) is 11.3. The van der Waals surface area contributed by atoms with Crippen LogP contribution in [0.1, 0.15) is 5.56 Å². The number of ether oxygens (including phenoxy) is 3. The topological polar surface area (TPSA) is 112 Å². The highest BCUT2D eigenvalue weighted by molar-refractivity contribution is 6.39. The Hall–Kier alpha value is -4.37. The highest BCUT2D eigenvalue weighted by Crippen LogP contribution is 2.38. The number of nitrogens with zero attached hydrogens (tertiary/aromatic N) is 2. The van der Waals surface area contributed by atoms with E-state index in [1.54, 1.807) is 31.5 Å². The van der Waals surface area contributed by atoms with Crippen LogP contribution in [0.15, 0.2) is 67.0 Å². The van der Waals surface area contributed by atoms with Crippen molar-refractivity contribution in [3.63, 3.8) is 0 Å². The van der Waals surface area contributed by atoms with E-state index in [1.807, 2.05) is 30.3 Å². The summed E-state index contributed by atoms with van der Waals surface area (Å²) in [7, 11) is 3.08. The maximum absolute atomic E-state index is 12.2. The molecule has 36 heavy (non-hydrogen) atoms. The second kappa shape index (κ2) is 11.4. The lowest BCUT2D eigenvalue weighted by Crippen LogP contribution is -2.36. The van der Waals surface area contributed by atoms with Gasteiger partial charge in [-0.05, 0) is 30.2 Å². The molecule has 0 radical (unpaired) electrons. The first-order valence-electron chi connectivity index (χ1n) is 11.0. The fraction of sp³-hybridized carbons (Fsp3) is 0.154. The van der Waals surface area contributed by atoms with Crippen molar-refractivity contribution < 1.29 is 23.8 Å². The number of pyridine rings is 2. The molecule has 0 aliphatic heterocycles. The Bertz CT molecular complexity index is 1400. The molecular formula is C26H23ClN4O5. The third-order valence-electron chi connectivity index (χ3n) is 5.23. The Morgan fingerprint density at radius 1 is 0.917 bits per heavy atom. The Kier molecular flexibility index (Phi) is 7.82. The third-order valence-corrected chi connectivity index (χ3v) is 5.50. The van der Waals surface area contributed by atoms with E-state index >= 15 is 0 Å². The summed E-state index contributed by atoms with van der Waals surface area (Å²) < 4.78 is 16.6. The number of carbonyl (C=O) groups excluding carboxylic acids is 2. The van der Waals surface area contributed by atoms with Crippen LogP contribution in [-0.4, -0.2) is 42.5 Å². The van der Waals surface area contributed by atoms with Crippen LogP contribution in [0.25, 0.3) is 10.9 Å². The summed E-state index contributed by atoms with van der Waals surface area (Å²) in [5.74, 6) is 0.0389. The summed E-state index contributed by atoms with van der Waals surface area (Å²) in [5, 5.41) is 5.88. The van der Waals surface area contributed by atoms with Gasteiger partial charge in [0.05, 0.1) is 31.6 Å². The largest absolute Gasteiger partial charge is 0.493 e. The van der Waals surface area contributed by atoms with E-state index in [2.05, 4.69) is 20.6 Å². The monoisotopic (exact) mass is 506 g/mol. The quantitative estimate of drug-likeness (QED) is 0.341. The zero-order valence-corrected chi connectivity index (χ0v) is 20.3. The Labute approximate surface area is 212 Å². The molecule has 9 nitrogen and oxygen atoms in total. The highest BCUT2D eigenvalue weighted by atomic mass is 35.5. The predicted molar refractivity (Wildman–Crippen MR) is 136 cm³/mol. The van der Waals surface area contributed by atoms with Crippen molar-refractivity contribution in [1.29, 1.82) is 0 Å². The van der Waals surface area contributed by atoms with Crippen molar-refractivity contribution in [2.45, 2.75) is 6.42 Å². The number of methoxy groups -OCH3 is 2. The Morgan fingerprint density at radius 3 is 2.39 bits per heavy atom. The van der Waals surface area contributed by atoms with Crippen molar-refractivity contribution in [3.05, 3.63) is 77.6 Å². The van der Waals surface area contributed by atoms with Gasteiger partial charge in [0.25, 0.3) is 0 Å². The van der Waals surface area contributed by atoms with Crippen molar-refractivity contribution in [3.8, 4) is 23.1 Å². The van der Waals surface area contributed by atoms with E-state index in [9.17, 15) is 9.59 Å². The Balaban J connectivity index is 1.42. The predicted octanol–water partition coefficient (Wildman–Crippen LogP) is 4.39. The molecule has 0 aliphatic carbocycles. The van der Waals surface area contributed by atoms with Crippen LogP contribution in [0.2, 0.25) is 5.02 Å². The number of hydrogen-bond donors (Lipinski definition) is 2. The normalized spacial score (nSPS) is 10.5. The minimum Gasteiger partial charge on any atom is -0.493 e. The van der Waals surface area contributed by atoms with Crippen molar-refractivity contribution >= 4 is 40.0 Å². The molecule has 10 heteroatoms. The number of halogens is 1. The number of hydrogen-bond acceptors (Lipinski definition) is 7. The molecule has 0 bridgehead atoms. The first-order chi connectivity index (χ1) is 17.5. The van der Waals surface area contributed by atoms with E-state index < -0.39 is 11.8 Å². The zero-order chi connectivity index (χ0) is 25.5. The first kappa shape index (κ1) is 24.7. The van der Waals surface area contributed by atoms with Crippen LogP contribution in [0.4, 0.5) is 5.69 Å². The van der Waals surface area contributed by atoms with Gasteiger partial charge in [-0.25, -0.2) is 4.98 Å². The molecular weight excluding hydrogens is 484 g/mol. The average molecular weight is 507 g/mol. The summed E-state index contributed by atoms with van der Waals surface area (Å²) in [5.41, 5.74) is 1.94. The number of amides is 2. The molecule has 2 N–H and O–H groups in total. The molecule has 0 saturated carbocycles. The fourth-order valence-electron chi connectivity index (χ4n) is 3.44. The van der Waals surface area contributed by atoms with Crippen LogP contribution in [0.3, 0.4) is 0 Å². The van der Waals surface area contributed by atoms with Gasteiger partial charge in [-0.2, -0.15) is 0 Å². The number of carbonyl (C=O) groups is 2. The summed E-state index contributed by atoms with van der Waals surface area (Å²) in [6.45, 7) is 0.332. The Morgan fingerprint density at radius 2 is 1.67 bits per heavy atom. The summed E-state index contributed by atoms with van der Waals surface area (Å²) >= 11 is 6.35. The molecule has 0 aliphatic rings. The highest BCUT2D eigenvalue weighted by Gasteiger charge is 2.16. The lowest BCUT2D eigenvalue weighted by atomic mass is 10.1. The number of fused-ring (bicyclic) bond motifs is 1. The van der Waals surface area contributed by atoms with Crippen molar-refractivity contribution in [2.24, 2.45) is 0 Å². The second-order valence-electron chi connectivity index (χ2n) is 7.59. The third kappa shape index (κ3) is 5.81. The van der Waals surface area contributed by atoms with Gasteiger partial charge in [-0.1, -0.05) is 41.9 Å². The molecule has 0 saturated heterocycles. The maximum Gasteiger partial charge on any atom is 0.313 e. The molecule has 0 fully saturated rings. The lowest BCUT2D eigenvalue weighted by Gasteiger charge is -2.13. The molecule has 4 rings (SSSR count). The van der Waals surface area contributed by atoms with E-state index in [1.165, 1.54) is 19.4 Å². The molecule has 2 amide bonds. The van der Waals surface area contributed by atoms with Crippen LogP contribution in [0, 0.1) is 0 Å². The van der Waals surface area contributed by atoms with Gasteiger partial charge in [-0.15, -0.1) is 0 Å². The fourth-order valence-corrected chi connectivity index (χ4v) is 3.65. The molecule has 2 heterocycles. The van der Waals surface area contributed by atoms with Gasteiger partial charge in [0.1, 0.15) is 10.8 Å². The average Bonchev–Trinajstić information content (AvgIpc) is 2.90. The van der Waals surface area contributed by atoms with Crippen LogP contribution < -0.4 is 24.8 Å². The lowest BCUT2D eigenvalue weighted by molar-refractivity contribution is -0.136.